The van der Waals surface area contributed by atoms with Crippen LogP contribution in [0.5, 0.6) is 0 Å². The topological polar surface area (TPSA) is 55.1 Å². The fourth-order valence-electron chi connectivity index (χ4n) is 3.82. The molecule has 2 aromatic carbocycles. The van der Waals surface area contributed by atoms with Crippen molar-refractivity contribution >= 4 is 17.4 Å². The molecule has 0 unspecified atom stereocenters. The third-order valence-electron chi connectivity index (χ3n) is 5.44. The van der Waals surface area contributed by atoms with Crippen LogP contribution in [-0.4, -0.2) is 21.7 Å². The smallest absolute Gasteiger partial charge is 0.172 e. The quantitative estimate of drug-likeness (QED) is 0.433. The SMILES string of the molecule is Cc1ccc(-c2cc(N3CCc4noc(-c5ccc(Cl)cc5)c4C3)nc(C)n2)cc1. The molecule has 6 heteroatoms. The van der Waals surface area contributed by atoms with Gasteiger partial charge in [0.05, 0.1) is 17.9 Å². The van der Waals surface area contributed by atoms with Crippen molar-refractivity contribution in [2.24, 2.45) is 0 Å². The van der Waals surface area contributed by atoms with Crippen LogP contribution in [0.15, 0.2) is 59.1 Å². The van der Waals surface area contributed by atoms with Crippen LogP contribution in [-0.2, 0) is 13.0 Å². The summed E-state index contributed by atoms with van der Waals surface area (Å²) in [5.41, 5.74) is 6.37. The van der Waals surface area contributed by atoms with E-state index in [1.807, 2.05) is 31.2 Å². The molecule has 0 saturated carbocycles. The number of hydrogen-bond acceptors (Lipinski definition) is 5. The lowest BCUT2D eigenvalue weighted by Gasteiger charge is -2.28. The summed E-state index contributed by atoms with van der Waals surface area (Å²) in [6.07, 6.45) is 0.815. The van der Waals surface area contributed by atoms with E-state index in [1.54, 1.807) is 0 Å². The third-order valence-corrected chi connectivity index (χ3v) is 5.69. The minimum Gasteiger partial charge on any atom is -0.356 e. The molecule has 5 nitrogen and oxygen atoms in total. The van der Waals surface area contributed by atoms with Gasteiger partial charge in [-0.15, -0.1) is 0 Å². The van der Waals surface area contributed by atoms with Gasteiger partial charge in [0.1, 0.15) is 11.6 Å². The molecule has 30 heavy (non-hydrogen) atoms. The van der Waals surface area contributed by atoms with Crippen molar-refractivity contribution in [3.8, 4) is 22.6 Å². The molecule has 2 aromatic heterocycles. The Morgan fingerprint density at radius 1 is 0.933 bits per heavy atom. The summed E-state index contributed by atoms with van der Waals surface area (Å²) in [6, 6.07) is 18.2. The molecule has 3 heterocycles. The molecule has 0 amide bonds. The summed E-state index contributed by atoms with van der Waals surface area (Å²) in [6.45, 7) is 5.56. The summed E-state index contributed by atoms with van der Waals surface area (Å²) in [5, 5.41) is 5.01. The normalized spacial score (nSPS) is 13.4. The second-order valence-corrected chi connectivity index (χ2v) is 8.08. The van der Waals surface area contributed by atoms with Gasteiger partial charge in [0.25, 0.3) is 0 Å². The van der Waals surface area contributed by atoms with Crippen LogP contribution in [0.2, 0.25) is 5.02 Å². The molecule has 0 N–H and O–H groups in total. The van der Waals surface area contributed by atoms with Gasteiger partial charge in [-0.05, 0) is 38.1 Å². The standard InChI is InChI=1S/C24H21ClN4O/c1-15-3-5-17(6-4-15)22-13-23(27-16(2)26-22)29-12-11-21-20(14-29)24(30-28-21)18-7-9-19(25)10-8-18/h3-10,13H,11-12,14H2,1-2H3. The van der Waals surface area contributed by atoms with Crippen LogP contribution in [0.4, 0.5) is 5.82 Å². The molecule has 0 saturated heterocycles. The van der Waals surface area contributed by atoms with E-state index in [0.717, 1.165) is 58.4 Å². The fraction of sp³-hybridized carbons (Fsp3) is 0.208. The first-order valence-electron chi connectivity index (χ1n) is 9.98. The van der Waals surface area contributed by atoms with E-state index in [2.05, 4.69) is 52.3 Å². The Bertz CT molecular complexity index is 1200. The van der Waals surface area contributed by atoms with Gasteiger partial charge in [0.15, 0.2) is 5.76 Å². The van der Waals surface area contributed by atoms with Gasteiger partial charge in [-0.2, -0.15) is 0 Å². The van der Waals surface area contributed by atoms with Crippen molar-refractivity contribution in [3.63, 3.8) is 0 Å². The van der Waals surface area contributed by atoms with E-state index in [1.165, 1.54) is 5.56 Å². The van der Waals surface area contributed by atoms with Crippen LogP contribution in [0.3, 0.4) is 0 Å². The van der Waals surface area contributed by atoms with Crippen molar-refractivity contribution in [2.45, 2.75) is 26.8 Å². The highest BCUT2D eigenvalue weighted by molar-refractivity contribution is 6.30. The lowest BCUT2D eigenvalue weighted by molar-refractivity contribution is 0.424. The summed E-state index contributed by atoms with van der Waals surface area (Å²) in [7, 11) is 0. The van der Waals surface area contributed by atoms with Crippen LogP contribution >= 0.6 is 11.6 Å². The highest BCUT2D eigenvalue weighted by atomic mass is 35.5. The highest BCUT2D eigenvalue weighted by Gasteiger charge is 2.26. The Hall–Kier alpha value is -3.18. The molecule has 0 fully saturated rings. The zero-order valence-corrected chi connectivity index (χ0v) is 17.6. The maximum atomic E-state index is 6.04. The van der Waals surface area contributed by atoms with Crippen LogP contribution in [0.1, 0.15) is 22.6 Å². The predicted molar refractivity (Wildman–Crippen MR) is 119 cm³/mol. The fourth-order valence-corrected chi connectivity index (χ4v) is 3.95. The molecule has 0 radical (unpaired) electrons. The highest BCUT2D eigenvalue weighted by Crippen LogP contribution is 2.33. The van der Waals surface area contributed by atoms with E-state index in [4.69, 9.17) is 21.1 Å². The zero-order valence-electron chi connectivity index (χ0n) is 16.9. The number of nitrogens with zero attached hydrogens (tertiary/aromatic N) is 4. The van der Waals surface area contributed by atoms with Gasteiger partial charge in [-0.1, -0.05) is 46.6 Å². The van der Waals surface area contributed by atoms with Crippen molar-refractivity contribution in [1.29, 1.82) is 0 Å². The second-order valence-electron chi connectivity index (χ2n) is 7.64. The van der Waals surface area contributed by atoms with Crippen molar-refractivity contribution in [1.82, 2.24) is 15.1 Å². The third kappa shape index (κ3) is 3.57. The Kier molecular flexibility index (Phi) is 4.75. The van der Waals surface area contributed by atoms with E-state index in [0.29, 0.717) is 11.6 Å². The second kappa shape index (κ2) is 7.58. The van der Waals surface area contributed by atoms with Crippen molar-refractivity contribution < 1.29 is 4.52 Å². The molecule has 0 spiro atoms. The van der Waals surface area contributed by atoms with Crippen LogP contribution in [0.25, 0.3) is 22.6 Å². The largest absolute Gasteiger partial charge is 0.356 e. The molecule has 5 rings (SSSR count). The number of fused-ring (bicyclic) bond motifs is 1. The number of halogens is 1. The summed E-state index contributed by atoms with van der Waals surface area (Å²) < 4.78 is 5.70. The molecule has 1 aliphatic heterocycles. The monoisotopic (exact) mass is 416 g/mol. The van der Waals surface area contributed by atoms with Gasteiger partial charge in [-0.3, -0.25) is 0 Å². The molecular formula is C24H21ClN4O. The first-order chi connectivity index (χ1) is 14.6. The van der Waals surface area contributed by atoms with Crippen LogP contribution < -0.4 is 4.90 Å². The number of hydrogen-bond donors (Lipinski definition) is 0. The Balaban J connectivity index is 1.48. The first-order valence-corrected chi connectivity index (χ1v) is 10.4. The van der Waals surface area contributed by atoms with Gasteiger partial charge in [-0.25, -0.2) is 9.97 Å². The Labute approximate surface area is 180 Å². The maximum absolute atomic E-state index is 6.04. The molecular weight excluding hydrogens is 396 g/mol. The summed E-state index contributed by atoms with van der Waals surface area (Å²) in [4.78, 5) is 11.6. The molecule has 0 bridgehead atoms. The van der Waals surface area contributed by atoms with Gasteiger partial charge >= 0.3 is 0 Å². The number of aryl methyl sites for hydroxylation is 2. The minimum absolute atomic E-state index is 0.695. The lowest BCUT2D eigenvalue weighted by atomic mass is 10.0. The zero-order chi connectivity index (χ0) is 20.7. The average Bonchev–Trinajstić information content (AvgIpc) is 3.17. The number of anilines is 1. The number of benzene rings is 2. The van der Waals surface area contributed by atoms with Crippen LogP contribution in [0, 0.1) is 13.8 Å². The molecule has 1 aliphatic rings. The minimum atomic E-state index is 0.695. The average molecular weight is 417 g/mol. The molecule has 0 aliphatic carbocycles. The Morgan fingerprint density at radius 2 is 1.67 bits per heavy atom. The predicted octanol–water partition coefficient (Wildman–Crippen LogP) is 5.63. The van der Waals surface area contributed by atoms with Crippen molar-refractivity contribution in [2.75, 3.05) is 11.4 Å². The Morgan fingerprint density at radius 3 is 2.43 bits per heavy atom. The maximum Gasteiger partial charge on any atom is 0.172 e. The molecule has 150 valence electrons. The number of aromatic nitrogens is 3. The molecule has 0 atom stereocenters. The van der Waals surface area contributed by atoms with E-state index < -0.39 is 0 Å². The van der Waals surface area contributed by atoms with Gasteiger partial charge < -0.3 is 9.42 Å². The van der Waals surface area contributed by atoms with Crippen molar-refractivity contribution in [3.05, 3.63) is 82.3 Å². The van der Waals surface area contributed by atoms with Gasteiger partial charge in [0, 0.05) is 40.7 Å². The van der Waals surface area contributed by atoms with Gasteiger partial charge in [0.2, 0.25) is 0 Å². The number of rotatable bonds is 3. The van der Waals surface area contributed by atoms with E-state index in [-0.39, 0.29) is 0 Å². The van der Waals surface area contributed by atoms with E-state index in [9.17, 15) is 0 Å². The van der Waals surface area contributed by atoms with E-state index >= 15 is 0 Å². The lowest BCUT2D eigenvalue weighted by Crippen LogP contribution is -2.31. The molecule has 4 aromatic rings. The summed E-state index contributed by atoms with van der Waals surface area (Å²) in [5.74, 6) is 2.49. The first kappa shape index (κ1) is 18.8. The summed E-state index contributed by atoms with van der Waals surface area (Å²) >= 11 is 6.04.